The minimum absolute atomic E-state index is 0.0771. The summed E-state index contributed by atoms with van der Waals surface area (Å²) in [6, 6.07) is 5.37. The van der Waals surface area contributed by atoms with E-state index in [2.05, 4.69) is 5.10 Å². The van der Waals surface area contributed by atoms with Crippen molar-refractivity contribution in [1.82, 2.24) is 9.78 Å². The average molecular weight is 265 g/mol. The Balaban J connectivity index is 2.67. The largest absolute Gasteiger partial charge is 0.496 e. The predicted molar refractivity (Wildman–Crippen MR) is 69.9 cm³/mol. The van der Waals surface area contributed by atoms with E-state index in [0.29, 0.717) is 27.7 Å². The van der Waals surface area contributed by atoms with E-state index in [9.17, 15) is 4.79 Å². The normalized spacial score (nSPS) is 10.4. The summed E-state index contributed by atoms with van der Waals surface area (Å²) in [5.41, 5.74) is 1.88. The van der Waals surface area contributed by atoms with Crippen molar-refractivity contribution in [3.05, 3.63) is 40.7 Å². The van der Waals surface area contributed by atoms with Gasteiger partial charge < -0.3 is 4.74 Å². The van der Waals surface area contributed by atoms with E-state index < -0.39 is 0 Å². The molecule has 0 amide bonds. The van der Waals surface area contributed by atoms with E-state index in [1.807, 2.05) is 19.1 Å². The Labute approximate surface area is 110 Å². The topological polar surface area (TPSA) is 44.1 Å². The van der Waals surface area contributed by atoms with Crippen LogP contribution in [-0.2, 0) is 0 Å². The third kappa shape index (κ3) is 2.11. The zero-order chi connectivity index (χ0) is 13.3. The lowest BCUT2D eigenvalue weighted by molar-refractivity contribution is 0.101. The number of hydrogen-bond donors (Lipinski definition) is 0. The second kappa shape index (κ2) is 4.82. The average Bonchev–Trinajstić information content (AvgIpc) is 2.68. The van der Waals surface area contributed by atoms with Crippen LogP contribution >= 0.6 is 11.6 Å². The van der Waals surface area contributed by atoms with Crippen molar-refractivity contribution in [3.8, 4) is 11.4 Å². The van der Waals surface area contributed by atoms with Crippen molar-refractivity contribution in [2.45, 2.75) is 13.8 Å². The molecule has 94 valence electrons. The zero-order valence-corrected chi connectivity index (χ0v) is 11.2. The fourth-order valence-electron chi connectivity index (χ4n) is 1.80. The second-order valence-corrected chi connectivity index (χ2v) is 4.32. The molecule has 0 N–H and O–H groups in total. The Morgan fingerprint density at radius 2 is 2.17 bits per heavy atom. The van der Waals surface area contributed by atoms with Crippen molar-refractivity contribution in [1.29, 1.82) is 0 Å². The minimum atomic E-state index is -0.0771. The highest BCUT2D eigenvalue weighted by molar-refractivity contribution is 6.31. The molecule has 0 aliphatic rings. The molecule has 0 atom stereocenters. The van der Waals surface area contributed by atoms with Gasteiger partial charge in [0.15, 0.2) is 5.78 Å². The number of rotatable bonds is 3. The predicted octanol–water partition coefficient (Wildman–Crippen LogP) is 3.05. The molecule has 0 saturated carbocycles. The van der Waals surface area contributed by atoms with E-state index in [0.717, 1.165) is 0 Å². The van der Waals surface area contributed by atoms with Crippen molar-refractivity contribution >= 4 is 17.4 Å². The molecule has 0 aliphatic carbocycles. The van der Waals surface area contributed by atoms with Crippen LogP contribution in [0.1, 0.15) is 23.0 Å². The number of benzene rings is 1. The van der Waals surface area contributed by atoms with Gasteiger partial charge in [0.1, 0.15) is 5.75 Å². The first kappa shape index (κ1) is 12.6. The molecule has 2 aromatic rings. The van der Waals surface area contributed by atoms with Gasteiger partial charge in [-0.25, -0.2) is 4.68 Å². The van der Waals surface area contributed by atoms with Crippen LogP contribution in [0.25, 0.3) is 5.69 Å². The number of aryl methyl sites for hydroxylation is 1. The fourth-order valence-corrected chi connectivity index (χ4v) is 1.93. The smallest absolute Gasteiger partial charge is 0.165 e. The van der Waals surface area contributed by atoms with E-state index in [-0.39, 0.29) is 5.78 Å². The van der Waals surface area contributed by atoms with Crippen molar-refractivity contribution in [2.75, 3.05) is 7.11 Å². The zero-order valence-electron chi connectivity index (χ0n) is 10.4. The first-order valence-electron chi connectivity index (χ1n) is 5.44. The summed E-state index contributed by atoms with van der Waals surface area (Å²) in [6.45, 7) is 3.31. The lowest BCUT2D eigenvalue weighted by Crippen LogP contribution is -2.06. The summed E-state index contributed by atoms with van der Waals surface area (Å²) in [5.74, 6) is 0.455. The number of methoxy groups -OCH3 is 1. The number of Topliss-reactive ketones (excluding diaryl/α,β-unsaturated/α-hetero) is 1. The molecule has 4 nitrogen and oxygen atoms in total. The van der Waals surface area contributed by atoms with Gasteiger partial charge in [-0.2, -0.15) is 5.10 Å². The molecule has 0 aliphatic heterocycles. The van der Waals surface area contributed by atoms with Gasteiger partial charge >= 0.3 is 0 Å². The standard InChI is InChI=1S/C13H13ClN2O2/c1-8-10(14)7-16(15-8)11-5-4-6-12(18-3)13(11)9(2)17/h4-7H,1-3H3. The molecule has 0 spiro atoms. The number of hydrogen-bond acceptors (Lipinski definition) is 3. The maximum Gasteiger partial charge on any atom is 0.165 e. The van der Waals surface area contributed by atoms with Crippen LogP contribution in [0.2, 0.25) is 5.02 Å². The van der Waals surface area contributed by atoms with Crippen molar-refractivity contribution in [3.63, 3.8) is 0 Å². The summed E-state index contributed by atoms with van der Waals surface area (Å²) < 4.78 is 6.81. The number of ketones is 1. The highest BCUT2D eigenvalue weighted by atomic mass is 35.5. The molecule has 0 saturated heterocycles. The fraction of sp³-hybridized carbons (Fsp3) is 0.231. The minimum Gasteiger partial charge on any atom is -0.496 e. The summed E-state index contributed by atoms with van der Waals surface area (Å²) in [6.07, 6.45) is 1.68. The molecule has 0 bridgehead atoms. The summed E-state index contributed by atoms with van der Waals surface area (Å²) in [7, 11) is 1.53. The first-order chi connectivity index (χ1) is 8.54. The number of aromatic nitrogens is 2. The summed E-state index contributed by atoms with van der Waals surface area (Å²) >= 11 is 5.99. The second-order valence-electron chi connectivity index (χ2n) is 3.92. The van der Waals surface area contributed by atoms with Gasteiger partial charge in [-0.05, 0) is 26.0 Å². The molecule has 5 heteroatoms. The Kier molecular flexibility index (Phi) is 3.39. The molecule has 1 aromatic heterocycles. The van der Waals surface area contributed by atoms with Crippen LogP contribution in [0.4, 0.5) is 0 Å². The van der Waals surface area contributed by atoms with Gasteiger partial charge in [0.05, 0.1) is 29.1 Å². The molecule has 18 heavy (non-hydrogen) atoms. The highest BCUT2D eigenvalue weighted by Crippen LogP contribution is 2.26. The summed E-state index contributed by atoms with van der Waals surface area (Å²) in [5, 5.41) is 4.84. The van der Waals surface area contributed by atoms with Gasteiger partial charge in [-0.15, -0.1) is 0 Å². The maximum absolute atomic E-state index is 11.8. The maximum atomic E-state index is 11.8. The van der Waals surface area contributed by atoms with Gasteiger partial charge in [0.25, 0.3) is 0 Å². The molecule has 2 rings (SSSR count). The van der Waals surface area contributed by atoms with Gasteiger partial charge in [-0.1, -0.05) is 17.7 Å². The number of halogens is 1. The highest BCUT2D eigenvalue weighted by Gasteiger charge is 2.16. The quantitative estimate of drug-likeness (QED) is 0.801. The van der Waals surface area contributed by atoms with Crippen LogP contribution in [0.15, 0.2) is 24.4 Å². The monoisotopic (exact) mass is 264 g/mol. The number of nitrogens with zero attached hydrogens (tertiary/aromatic N) is 2. The van der Waals surface area contributed by atoms with Crippen molar-refractivity contribution in [2.24, 2.45) is 0 Å². The molecule has 0 radical (unpaired) electrons. The first-order valence-corrected chi connectivity index (χ1v) is 5.82. The third-order valence-corrected chi connectivity index (χ3v) is 3.03. The van der Waals surface area contributed by atoms with E-state index >= 15 is 0 Å². The van der Waals surface area contributed by atoms with Gasteiger partial charge in [0.2, 0.25) is 0 Å². The molecular formula is C13H13ClN2O2. The SMILES string of the molecule is COc1cccc(-n2cc(Cl)c(C)n2)c1C(C)=O. The van der Waals surface area contributed by atoms with Crippen LogP contribution in [-0.4, -0.2) is 22.7 Å². The van der Waals surface area contributed by atoms with Crippen LogP contribution < -0.4 is 4.74 Å². The van der Waals surface area contributed by atoms with Crippen molar-refractivity contribution < 1.29 is 9.53 Å². The van der Waals surface area contributed by atoms with Crippen LogP contribution in [0.3, 0.4) is 0 Å². The van der Waals surface area contributed by atoms with Gasteiger partial charge in [0, 0.05) is 6.20 Å². The lowest BCUT2D eigenvalue weighted by atomic mass is 10.1. The molecular weight excluding hydrogens is 252 g/mol. The van der Waals surface area contributed by atoms with E-state index in [4.69, 9.17) is 16.3 Å². The molecule has 0 fully saturated rings. The van der Waals surface area contributed by atoms with Gasteiger partial charge in [-0.3, -0.25) is 4.79 Å². The third-order valence-electron chi connectivity index (χ3n) is 2.66. The number of ether oxygens (including phenoxy) is 1. The molecule has 0 unspecified atom stereocenters. The Hall–Kier alpha value is -1.81. The summed E-state index contributed by atoms with van der Waals surface area (Å²) in [4.78, 5) is 11.8. The van der Waals surface area contributed by atoms with Crippen LogP contribution in [0, 0.1) is 6.92 Å². The molecule has 1 aromatic carbocycles. The Bertz CT molecular complexity index is 586. The van der Waals surface area contributed by atoms with E-state index in [1.165, 1.54) is 14.0 Å². The Morgan fingerprint density at radius 1 is 1.44 bits per heavy atom. The number of carbonyl (C=O) groups is 1. The van der Waals surface area contributed by atoms with E-state index in [1.54, 1.807) is 16.9 Å². The Morgan fingerprint density at radius 3 is 2.67 bits per heavy atom. The van der Waals surface area contributed by atoms with Crippen LogP contribution in [0.5, 0.6) is 5.75 Å². The lowest BCUT2D eigenvalue weighted by Gasteiger charge is -2.11. The number of carbonyl (C=O) groups excluding carboxylic acids is 1. The molecule has 1 heterocycles.